The van der Waals surface area contributed by atoms with E-state index in [1.807, 2.05) is 12.1 Å². The zero-order chi connectivity index (χ0) is 16.6. The number of ether oxygens (including phenoxy) is 1. The molecule has 1 atom stereocenters. The third-order valence-corrected chi connectivity index (χ3v) is 3.70. The lowest BCUT2D eigenvalue weighted by Crippen LogP contribution is -2.32. The Morgan fingerprint density at radius 3 is 2.43 bits per heavy atom. The SMILES string of the molecule is CC(C)C(Oc1ccc2c(c1)oc(=O)c1ccccc12)C(=O)O. The van der Waals surface area contributed by atoms with Gasteiger partial charge in [0.25, 0.3) is 0 Å². The van der Waals surface area contributed by atoms with Crippen LogP contribution in [-0.4, -0.2) is 17.2 Å². The molecular weight excluding hydrogens is 296 g/mol. The molecule has 5 heteroatoms. The first-order valence-electron chi connectivity index (χ1n) is 7.32. The summed E-state index contributed by atoms with van der Waals surface area (Å²) < 4.78 is 10.9. The number of hydrogen-bond acceptors (Lipinski definition) is 4. The monoisotopic (exact) mass is 312 g/mol. The smallest absolute Gasteiger partial charge is 0.345 e. The van der Waals surface area contributed by atoms with Crippen LogP contribution in [0.15, 0.2) is 51.7 Å². The van der Waals surface area contributed by atoms with Crippen molar-refractivity contribution in [2.45, 2.75) is 20.0 Å². The molecule has 0 aliphatic rings. The van der Waals surface area contributed by atoms with Crippen LogP contribution in [0.1, 0.15) is 13.8 Å². The van der Waals surface area contributed by atoms with Crippen LogP contribution < -0.4 is 10.4 Å². The molecule has 0 radical (unpaired) electrons. The third-order valence-electron chi connectivity index (χ3n) is 3.70. The van der Waals surface area contributed by atoms with Crippen molar-refractivity contribution in [3.63, 3.8) is 0 Å². The van der Waals surface area contributed by atoms with Gasteiger partial charge in [-0.15, -0.1) is 0 Å². The lowest BCUT2D eigenvalue weighted by Gasteiger charge is -2.18. The summed E-state index contributed by atoms with van der Waals surface area (Å²) in [5.41, 5.74) is -0.0528. The van der Waals surface area contributed by atoms with E-state index in [0.717, 1.165) is 10.8 Å². The Kier molecular flexibility index (Phi) is 3.78. The van der Waals surface area contributed by atoms with Crippen LogP contribution >= 0.6 is 0 Å². The Labute approximate surface area is 132 Å². The molecule has 0 spiro atoms. The Morgan fingerprint density at radius 1 is 1.09 bits per heavy atom. The molecule has 3 rings (SSSR count). The first kappa shape index (κ1) is 15.1. The molecule has 1 heterocycles. The number of aliphatic carboxylic acids is 1. The second kappa shape index (κ2) is 5.76. The van der Waals surface area contributed by atoms with Crippen LogP contribution in [0.3, 0.4) is 0 Å². The summed E-state index contributed by atoms with van der Waals surface area (Å²) in [4.78, 5) is 23.3. The molecule has 1 N–H and O–H groups in total. The van der Waals surface area contributed by atoms with Crippen molar-refractivity contribution in [1.82, 2.24) is 0 Å². The molecule has 23 heavy (non-hydrogen) atoms. The molecule has 0 aliphatic heterocycles. The van der Waals surface area contributed by atoms with Gasteiger partial charge in [0.2, 0.25) is 0 Å². The molecule has 2 aromatic carbocycles. The fourth-order valence-corrected chi connectivity index (χ4v) is 2.55. The molecule has 0 aliphatic carbocycles. The molecule has 118 valence electrons. The van der Waals surface area contributed by atoms with Gasteiger partial charge in [0.15, 0.2) is 6.10 Å². The lowest BCUT2D eigenvalue weighted by atomic mass is 10.1. The highest BCUT2D eigenvalue weighted by atomic mass is 16.5. The molecular formula is C18H16O5. The van der Waals surface area contributed by atoms with Crippen LogP contribution in [0.2, 0.25) is 0 Å². The van der Waals surface area contributed by atoms with Crippen molar-refractivity contribution in [1.29, 1.82) is 0 Å². The van der Waals surface area contributed by atoms with E-state index < -0.39 is 17.7 Å². The minimum absolute atomic E-state index is 0.188. The van der Waals surface area contributed by atoms with Crippen molar-refractivity contribution >= 4 is 27.7 Å². The van der Waals surface area contributed by atoms with Gasteiger partial charge in [0, 0.05) is 17.4 Å². The van der Waals surface area contributed by atoms with Gasteiger partial charge in [-0.1, -0.05) is 32.0 Å². The maximum absolute atomic E-state index is 12.0. The van der Waals surface area contributed by atoms with Gasteiger partial charge in [-0.2, -0.15) is 0 Å². The second-order valence-corrected chi connectivity index (χ2v) is 5.71. The predicted octanol–water partition coefficient (Wildman–Crippen LogP) is 3.43. The van der Waals surface area contributed by atoms with E-state index in [-0.39, 0.29) is 5.92 Å². The summed E-state index contributed by atoms with van der Waals surface area (Å²) in [7, 11) is 0. The fourth-order valence-electron chi connectivity index (χ4n) is 2.55. The number of carboxylic acid groups (broad SMARTS) is 1. The van der Waals surface area contributed by atoms with Gasteiger partial charge < -0.3 is 14.3 Å². The Bertz CT molecular complexity index is 939. The Balaban J connectivity index is 2.11. The quantitative estimate of drug-likeness (QED) is 0.590. The standard InChI is InChI=1S/C18H16O5/c1-10(2)16(17(19)20)22-11-7-8-13-12-5-3-4-6-14(12)18(21)23-15(13)9-11/h3-10,16H,1-2H3,(H,19,20). The second-order valence-electron chi connectivity index (χ2n) is 5.71. The van der Waals surface area contributed by atoms with Crippen LogP contribution in [-0.2, 0) is 4.79 Å². The van der Waals surface area contributed by atoms with Gasteiger partial charge in [-0.05, 0) is 23.6 Å². The van der Waals surface area contributed by atoms with E-state index in [0.29, 0.717) is 16.7 Å². The van der Waals surface area contributed by atoms with Crippen molar-refractivity contribution in [3.05, 3.63) is 52.9 Å². The molecule has 3 aromatic rings. The zero-order valence-electron chi connectivity index (χ0n) is 12.8. The zero-order valence-corrected chi connectivity index (χ0v) is 12.8. The van der Waals surface area contributed by atoms with Crippen molar-refractivity contribution in [2.75, 3.05) is 0 Å². The number of carbonyl (C=O) groups is 1. The maximum atomic E-state index is 12.0. The maximum Gasteiger partial charge on any atom is 0.345 e. The van der Waals surface area contributed by atoms with Gasteiger partial charge >= 0.3 is 11.6 Å². The number of fused-ring (bicyclic) bond motifs is 3. The fraction of sp³-hybridized carbons (Fsp3) is 0.222. The van der Waals surface area contributed by atoms with Crippen molar-refractivity contribution < 1.29 is 19.1 Å². The van der Waals surface area contributed by atoms with E-state index in [4.69, 9.17) is 9.15 Å². The molecule has 0 bridgehead atoms. The number of rotatable bonds is 4. The van der Waals surface area contributed by atoms with Crippen LogP contribution in [0.5, 0.6) is 5.75 Å². The number of hydrogen-bond donors (Lipinski definition) is 1. The van der Waals surface area contributed by atoms with E-state index in [2.05, 4.69) is 0 Å². The lowest BCUT2D eigenvalue weighted by molar-refractivity contribution is -0.147. The first-order valence-corrected chi connectivity index (χ1v) is 7.32. The summed E-state index contributed by atoms with van der Waals surface area (Å²) in [5, 5.41) is 11.3. The molecule has 0 saturated heterocycles. The summed E-state index contributed by atoms with van der Waals surface area (Å²) in [5.74, 6) is -0.857. The highest BCUT2D eigenvalue weighted by molar-refractivity contribution is 6.04. The highest BCUT2D eigenvalue weighted by Crippen LogP contribution is 2.27. The van der Waals surface area contributed by atoms with E-state index in [1.165, 1.54) is 0 Å². The van der Waals surface area contributed by atoms with E-state index in [1.54, 1.807) is 44.2 Å². The first-order chi connectivity index (χ1) is 11.0. The summed E-state index contributed by atoms with van der Waals surface area (Å²) in [6.07, 6.45) is -0.959. The van der Waals surface area contributed by atoms with Gasteiger partial charge in [-0.25, -0.2) is 9.59 Å². The van der Waals surface area contributed by atoms with E-state index >= 15 is 0 Å². The largest absolute Gasteiger partial charge is 0.478 e. The van der Waals surface area contributed by atoms with Crippen LogP contribution in [0, 0.1) is 5.92 Å². The average Bonchev–Trinajstić information content (AvgIpc) is 2.52. The molecule has 0 saturated carbocycles. The molecule has 0 fully saturated rings. The minimum atomic E-state index is -1.03. The molecule has 1 aromatic heterocycles. The topological polar surface area (TPSA) is 76.7 Å². The minimum Gasteiger partial charge on any atom is -0.478 e. The highest BCUT2D eigenvalue weighted by Gasteiger charge is 2.23. The molecule has 1 unspecified atom stereocenters. The van der Waals surface area contributed by atoms with Crippen molar-refractivity contribution in [2.24, 2.45) is 5.92 Å². The summed E-state index contributed by atoms with van der Waals surface area (Å²) >= 11 is 0. The van der Waals surface area contributed by atoms with Gasteiger partial charge in [0.1, 0.15) is 11.3 Å². The number of benzene rings is 2. The average molecular weight is 312 g/mol. The predicted molar refractivity (Wildman–Crippen MR) is 86.9 cm³/mol. The Morgan fingerprint density at radius 2 is 1.78 bits per heavy atom. The van der Waals surface area contributed by atoms with Crippen LogP contribution in [0.4, 0.5) is 0 Å². The third kappa shape index (κ3) is 2.77. The molecule has 0 amide bonds. The van der Waals surface area contributed by atoms with Crippen LogP contribution in [0.25, 0.3) is 21.7 Å². The Hall–Kier alpha value is -2.82. The summed E-state index contributed by atoms with van der Waals surface area (Å²) in [6.45, 7) is 3.54. The van der Waals surface area contributed by atoms with Crippen molar-refractivity contribution in [3.8, 4) is 5.75 Å². The normalized spacial score (nSPS) is 12.7. The van der Waals surface area contributed by atoms with E-state index in [9.17, 15) is 14.7 Å². The number of carboxylic acids is 1. The van der Waals surface area contributed by atoms with Gasteiger partial charge in [0.05, 0.1) is 5.39 Å². The van der Waals surface area contributed by atoms with Gasteiger partial charge in [-0.3, -0.25) is 0 Å². The molecule has 5 nitrogen and oxygen atoms in total. The summed E-state index contributed by atoms with van der Waals surface area (Å²) in [6, 6.07) is 12.2.